The predicted molar refractivity (Wildman–Crippen MR) is 60.0 cm³/mol. The summed E-state index contributed by atoms with van der Waals surface area (Å²) in [5.74, 6) is -0.191. The van der Waals surface area contributed by atoms with Gasteiger partial charge in [0, 0.05) is 32.7 Å². The molecule has 0 aromatic heterocycles. The first-order valence-corrected chi connectivity index (χ1v) is 5.19. The van der Waals surface area contributed by atoms with Crippen LogP contribution in [0.3, 0.4) is 0 Å². The Kier molecular flexibility index (Phi) is 5.92. The highest BCUT2D eigenvalue weighted by Crippen LogP contribution is 2.01. The van der Waals surface area contributed by atoms with Crippen LogP contribution in [0.2, 0.25) is 0 Å². The lowest BCUT2D eigenvalue weighted by Gasteiger charge is -2.05. The van der Waals surface area contributed by atoms with E-state index in [0.717, 1.165) is 31.7 Å². The fourth-order valence-corrected chi connectivity index (χ4v) is 1.24. The van der Waals surface area contributed by atoms with Crippen LogP contribution in [-0.2, 0) is 6.54 Å². The quantitative estimate of drug-likeness (QED) is 0.574. The number of hydrogen-bond donors (Lipinski definition) is 3. The van der Waals surface area contributed by atoms with E-state index in [2.05, 4.69) is 10.6 Å². The average Bonchev–Trinajstić information content (AvgIpc) is 2.26. The molecule has 1 aromatic carbocycles. The van der Waals surface area contributed by atoms with Crippen molar-refractivity contribution >= 4 is 0 Å². The van der Waals surface area contributed by atoms with Gasteiger partial charge in [0.15, 0.2) is 0 Å². The second-order valence-corrected chi connectivity index (χ2v) is 3.34. The minimum atomic E-state index is -0.191. The highest BCUT2D eigenvalue weighted by molar-refractivity contribution is 5.15. The first kappa shape index (κ1) is 12.1. The first-order valence-electron chi connectivity index (χ1n) is 5.19. The van der Waals surface area contributed by atoms with Crippen LogP contribution in [0, 0.1) is 5.82 Å². The minimum Gasteiger partial charge on any atom is -0.329 e. The fraction of sp³-hybridized carbons (Fsp3) is 0.455. The van der Waals surface area contributed by atoms with Crippen molar-refractivity contribution in [1.29, 1.82) is 0 Å². The van der Waals surface area contributed by atoms with Crippen LogP contribution >= 0.6 is 0 Å². The van der Waals surface area contributed by atoms with Crippen LogP contribution < -0.4 is 16.4 Å². The van der Waals surface area contributed by atoms with Crippen LogP contribution in [0.4, 0.5) is 4.39 Å². The lowest BCUT2D eigenvalue weighted by atomic mass is 10.2. The van der Waals surface area contributed by atoms with Crippen molar-refractivity contribution in [2.45, 2.75) is 6.54 Å². The van der Waals surface area contributed by atoms with Crippen LogP contribution in [0.15, 0.2) is 24.3 Å². The minimum absolute atomic E-state index is 0.191. The molecule has 15 heavy (non-hydrogen) atoms. The number of hydrogen-bond acceptors (Lipinski definition) is 3. The summed E-state index contributed by atoms with van der Waals surface area (Å²) in [6.45, 7) is 4.07. The molecule has 0 amide bonds. The monoisotopic (exact) mass is 211 g/mol. The van der Waals surface area contributed by atoms with Crippen molar-refractivity contribution < 1.29 is 4.39 Å². The van der Waals surface area contributed by atoms with E-state index < -0.39 is 0 Å². The molecular weight excluding hydrogens is 193 g/mol. The lowest BCUT2D eigenvalue weighted by Crippen LogP contribution is -2.30. The highest BCUT2D eigenvalue weighted by atomic mass is 19.1. The summed E-state index contributed by atoms with van der Waals surface area (Å²) in [7, 11) is 0. The zero-order chi connectivity index (χ0) is 10.9. The van der Waals surface area contributed by atoms with E-state index in [4.69, 9.17) is 5.73 Å². The third-order valence-corrected chi connectivity index (χ3v) is 2.04. The Morgan fingerprint density at radius 2 is 1.67 bits per heavy atom. The molecule has 0 aliphatic rings. The molecule has 0 fully saturated rings. The van der Waals surface area contributed by atoms with Gasteiger partial charge < -0.3 is 16.4 Å². The number of nitrogens with two attached hydrogens (primary N) is 1. The second kappa shape index (κ2) is 7.34. The molecule has 0 bridgehead atoms. The van der Waals surface area contributed by atoms with Gasteiger partial charge in [-0.05, 0) is 17.7 Å². The molecule has 4 heteroatoms. The van der Waals surface area contributed by atoms with E-state index in [9.17, 15) is 4.39 Å². The van der Waals surface area contributed by atoms with Gasteiger partial charge >= 0.3 is 0 Å². The maximum absolute atomic E-state index is 12.6. The standard InChI is InChI=1S/C11H18FN3/c12-11-3-1-10(2-4-11)9-15-8-7-14-6-5-13/h1-4,14-15H,5-9,13H2. The predicted octanol–water partition coefficient (Wildman–Crippen LogP) is 0.464. The van der Waals surface area contributed by atoms with Gasteiger partial charge in [0.2, 0.25) is 0 Å². The molecule has 0 unspecified atom stereocenters. The first-order chi connectivity index (χ1) is 7.33. The summed E-state index contributed by atoms with van der Waals surface area (Å²) in [6, 6.07) is 6.53. The molecule has 0 heterocycles. The second-order valence-electron chi connectivity index (χ2n) is 3.34. The highest BCUT2D eigenvalue weighted by Gasteiger charge is 1.93. The molecule has 0 aliphatic heterocycles. The molecule has 0 saturated heterocycles. The van der Waals surface area contributed by atoms with Crippen molar-refractivity contribution in [3.63, 3.8) is 0 Å². The SMILES string of the molecule is NCCNCCNCc1ccc(F)cc1. The van der Waals surface area contributed by atoms with Crippen molar-refractivity contribution in [2.75, 3.05) is 26.2 Å². The number of halogens is 1. The number of rotatable bonds is 7. The molecule has 0 radical (unpaired) electrons. The third-order valence-electron chi connectivity index (χ3n) is 2.04. The molecule has 1 rings (SSSR count). The largest absolute Gasteiger partial charge is 0.329 e. The maximum atomic E-state index is 12.6. The van der Waals surface area contributed by atoms with E-state index in [1.165, 1.54) is 12.1 Å². The summed E-state index contributed by atoms with van der Waals surface area (Å²) >= 11 is 0. The number of nitrogens with one attached hydrogen (secondary N) is 2. The molecule has 4 N–H and O–H groups in total. The van der Waals surface area contributed by atoms with E-state index in [1.807, 2.05) is 0 Å². The van der Waals surface area contributed by atoms with Gasteiger partial charge in [-0.2, -0.15) is 0 Å². The van der Waals surface area contributed by atoms with Gasteiger partial charge in [-0.25, -0.2) is 4.39 Å². The molecule has 0 spiro atoms. The Bertz CT molecular complexity index is 261. The lowest BCUT2D eigenvalue weighted by molar-refractivity contribution is 0.610. The summed E-state index contributed by atoms with van der Waals surface area (Å²) < 4.78 is 12.6. The van der Waals surface area contributed by atoms with Crippen LogP contribution in [0.25, 0.3) is 0 Å². The summed E-state index contributed by atoms with van der Waals surface area (Å²) in [5.41, 5.74) is 6.42. The van der Waals surface area contributed by atoms with Crippen molar-refractivity contribution in [3.05, 3.63) is 35.6 Å². The Morgan fingerprint density at radius 1 is 1.00 bits per heavy atom. The Labute approximate surface area is 89.9 Å². The van der Waals surface area contributed by atoms with E-state index in [-0.39, 0.29) is 5.82 Å². The van der Waals surface area contributed by atoms with Crippen molar-refractivity contribution in [2.24, 2.45) is 5.73 Å². The average molecular weight is 211 g/mol. The van der Waals surface area contributed by atoms with Gasteiger partial charge in [0.05, 0.1) is 0 Å². The smallest absolute Gasteiger partial charge is 0.123 e. The van der Waals surface area contributed by atoms with Crippen molar-refractivity contribution in [1.82, 2.24) is 10.6 Å². The topological polar surface area (TPSA) is 50.1 Å². The van der Waals surface area contributed by atoms with Crippen LogP contribution in [0.1, 0.15) is 5.56 Å². The number of benzene rings is 1. The van der Waals surface area contributed by atoms with Crippen molar-refractivity contribution in [3.8, 4) is 0 Å². The Hall–Kier alpha value is -0.970. The summed E-state index contributed by atoms with van der Waals surface area (Å²) in [4.78, 5) is 0. The zero-order valence-corrected chi connectivity index (χ0v) is 8.80. The molecular formula is C11H18FN3. The van der Waals surface area contributed by atoms with Gasteiger partial charge in [0.25, 0.3) is 0 Å². The summed E-state index contributed by atoms with van der Waals surface area (Å²) in [5, 5.41) is 6.44. The summed E-state index contributed by atoms with van der Waals surface area (Å²) in [6.07, 6.45) is 0. The van der Waals surface area contributed by atoms with Gasteiger partial charge in [-0.1, -0.05) is 12.1 Å². The fourth-order valence-electron chi connectivity index (χ4n) is 1.24. The van der Waals surface area contributed by atoms with Gasteiger partial charge in [-0.15, -0.1) is 0 Å². The molecule has 84 valence electrons. The van der Waals surface area contributed by atoms with Crippen LogP contribution in [0.5, 0.6) is 0 Å². The third kappa shape index (κ3) is 5.47. The maximum Gasteiger partial charge on any atom is 0.123 e. The van der Waals surface area contributed by atoms with E-state index >= 15 is 0 Å². The molecule has 0 saturated carbocycles. The molecule has 0 atom stereocenters. The molecule has 1 aromatic rings. The van der Waals surface area contributed by atoms with E-state index in [0.29, 0.717) is 6.54 Å². The van der Waals surface area contributed by atoms with Crippen LogP contribution in [-0.4, -0.2) is 26.2 Å². The van der Waals surface area contributed by atoms with Gasteiger partial charge in [0.1, 0.15) is 5.82 Å². The molecule has 3 nitrogen and oxygen atoms in total. The molecule has 0 aliphatic carbocycles. The van der Waals surface area contributed by atoms with E-state index in [1.54, 1.807) is 12.1 Å². The van der Waals surface area contributed by atoms with Gasteiger partial charge in [-0.3, -0.25) is 0 Å². The Balaban J connectivity index is 2.07. The Morgan fingerprint density at radius 3 is 2.33 bits per heavy atom. The zero-order valence-electron chi connectivity index (χ0n) is 8.80. The normalized spacial score (nSPS) is 10.5.